The van der Waals surface area contributed by atoms with E-state index in [-0.39, 0.29) is 0 Å². The van der Waals surface area contributed by atoms with E-state index in [0.29, 0.717) is 42.1 Å². The molecule has 25 heavy (non-hydrogen) atoms. The van der Waals surface area contributed by atoms with Gasteiger partial charge in [-0.25, -0.2) is 13.4 Å². The van der Waals surface area contributed by atoms with Crippen LogP contribution in [0.5, 0.6) is 0 Å². The third kappa shape index (κ3) is 4.60. The molecule has 9 heteroatoms. The summed E-state index contributed by atoms with van der Waals surface area (Å²) in [5.41, 5.74) is 0.932. The van der Waals surface area contributed by atoms with E-state index < -0.39 is 10.0 Å². The van der Waals surface area contributed by atoms with Gasteiger partial charge in [0.2, 0.25) is 15.2 Å². The van der Waals surface area contributed by atoms with Crippen LogP contribution in [-0.4, -0.2) is 54.2 Å². The van der Waals surface area contributed by atoms with E-state index in [9.17, 15) is 8.42 Å². The van der Waals surface area contributed by atoms with Crippen molar-refractivity contribution in [3.05, 3.63) is 35.7 Å². The molecule has 0 radical (unpaired) electrons. The predicted molar refractivity (Wildman–Crippen MR) is 96.0 cm³/mol. The van der Waals surface area contributed by atoms with E-state index in [1.165, 1.54) is 16.1 Å². The molecular formula is C16H22N4O3S2. The van der Waals surface area contributed by atoms with Gasteiger partial charge in [-0.1, -0.05) is 30.8 Å². The molecule has 1 aliphatic heterocycles. The fraction of sp³-hybridized carbons (Fsp3) is 0.500. The van der Waals surface area contributed by atoms with E-state index >= 15 is 0 Å². The van der Waals surface area contributed by atoms with Crippen LogP contribution in [0.15, 0.2) is 34.3 Å². The molecule has 1 aromatic heterocycles. The lowest BCUT2D eigenvalue weighted by Crippen LogP contribution is -2.40. The number of rotatable bonds is 7. The average Bonchev–Trinajstić information content (AvgIpc) is 3.09. The summed E-state index contributed by atoms with van der Waals surface area (Å²) < 4.78 is 32.2. The number of aromatic amines is 1. The molecule has 0 atom stereocenters. The first-order chi connectivity index (χ1) is 12.1. The lowest BCUT2D eigenvalue weighted by atomic mass is 10.2. The molecule has 0 spiro atoms. The van der Waals surface area contributed by atoms with Crippen molar-refractivity contribution in [1.82, 2.24) is 19.5 Å². The molecule has 0 amide bonds. The summed E-state index contributed by atoms with van der Waals surface area (Å²) in [6, 6.07) is 7.08. The molecule has 0 bridgehead atoms. The quantitative estimate of drug-likeness (QED) is 0.738. The Morgan fingerprint density at radius 1 is 1.32 bits per heavy atom. The van der Waals surface area contributed by atoms with Crippen molar-refractivity contribution < 1.29 is 13.2 Å². The predicted octanol–water partition coefficient (Wildman–Crippen LogP) is 2.07. The second-order valence-electron chi connectivity index (χ2n) is 5.77. The molecule has 0 aliphatic carbocycles. The van der Waals surface area contributed by atoms with Gasteiger partial charge in [-0.3, -0.25) is 5.10 Å². The first-order valence-electron chi connectivity index (χ1n) is 8.30. The summed E-state index contributed by atoms with van der Waals surface area (Å²) in [7, 11) is -3.46. The van der Waals surface area contributed by atoms with Crippen LogP contribution in [0.2, 0.25) is 0 Å². The zero-order valence-electron chi connectivity index (χ0n) is 14.1. The Bertz CT molecular complexity index is 801. The molecule has 7 nitrogen and oxygen atoms in total. The molecule has 3 rings (SSSR count). The summed E-state index contributed by atoms with van der Waals surface area (Å²) in [6.07, 6.45) is 1.89. The van der Waals surface area contributed by atoms with Gasteiger partial charge in [0.25, 0.3) is 0 Å². The van der Waals surface area contributed by atoms with Gasteiger partial charge in [-0.2, -0.15) is 4.31 Å². The number of nitrogens with zero attached hydrogens (tertiary/aromatic N) is 3. The van der Waals surface area contributed by atoms with Crippen LogP contribution in [0.25, 0.3) is 0 Å². The van der Waals surface area contributed by atoms with Gasteiger partial charge in [0, 0.05) is 25.3 Å². The first-order valence-corrected chi connectivity index (χ1v) is 10.7. The van der Waals surface area contributed by atoms with E-state index in [2.05, 4.69) is 22.1 Å². The van der Waals surface area contributed by atoms with Crippen molar-refractivity contribution in [1.29, 1.82) is 0 Å². The third-order valence-electron chi connectivity index (χ3n) is 3.87. The number of thioether (sulfide) groups is 1. The Morgan fingerprint density at radius 2 is 2.12 bits per heavy atom. The highest BCUT2D eigenvalue weighted by Crippen LogP contribution is 2.23. The Hall–Kier alpha value is -1.42. The van der Waals surface area contributed by atoms with Crippen molar-refractivity contribution in [3.8, 4) is 0 Å². The van der Waals surface area contributed by atoms with E-state index in [1.807, 2.05) is 6.07 Å². The van der Waals surface area contributed by atoms with Crippen molar-refractivity contribution in [2.24, 2.45) is 0 Å². The third-order valence-corrected chi connectivity index (χ3v) is 6.69. The number of ether oxygens (including phenoxy) is 1. The molecule has 1 aromatic carbocycles. The standard InChI is InChI=1S/C16H22N4O3S2/c1-2-4-15-17-16(19-18-15)24-12-13-5-3-6-14(11-13)25(21,22)20-7-9-23-10-8-20/h3,5-6,11H,2,4,7-10,12H2,1H3,(H,17,18,19). The van der Waals surface area contributed by atoms with Gasteiger partial charge in [-0.15, -0.1) is 5.10 Å². The summed E-state index contributed by atoms with van der Waals surface area (Å²) >= 11 is 1.49. The van der Waals surface area contributed by atoms with Gasteiger partial charge in [0.1, 0.15) is 5.82 Å². The van der Waals surface area contributed by atoms with Crippen molar-refractivity contribution in [3.63, 3.8) is 0 Å². The molecule has 1 saturated heterocycles. The SMILES string of the molecule is CCCc1nc(SCc2cccc(S(=O)(=O)N3CCOCC3)c2)n[nH]1. The Balaban J connectivity index is 1.68. The fourth-order valence-electron chi connectivity index (χ4n) is 2.57. The first kappa shape index (κ1) is 18.4. The zero-order valence-corrected chi connectivity index (χ0v) is 15.8. The van der Waals surface area contributed by atoms with E-state index in [4.69, 9.17) is 4.74 Å². The van der Waals surface area contributed by atoms with Crippen LogP contribution in [0.1, 0.15) is 24.7 Å². The van der Waals surface area contributed by atoms with Gasteiger partial charge >= 0.3 is 0 Å². The topological polar surface area (TPSA) is 88.2 Å². The maximum absolute atomic E-state index is 12.7. The molecule has 1 N–H and O–H groups in total. The smallest absolute Gasteiger partial charge is 0.243 e. The number of morpholine rings is 1. The summed E-state index contributed by atoms with van der Waals surface area (Å²) in [5, 5.41) is 7.79. The number of hydrogen-bond acceptors (Lipinski definition) is 6. The second kappa shape index (κ2) is 8.31. The monoisotopic (exact) mass is 382 g/mol. The van der Waals surface area contributed by atoms with Crippen LogP contribution < -0.4 is 0 Å². The summed E-state index contributed by atoms with van der Waals surface area (Å²) in [6.45, 7) is 3.78. The molecule has 1 fully saturated rings. The maximum Gasteiger partial charge on any atom is 0.243 e. The van der Waals surface area contributed by atoms with Crippen LogP contribution in [0, 0.1) is 0 Å². The van der Waals surface area contributed by atoms with Gasteiger partial charge in [0.05, 0.1) is 18.1 Å². The van der Waals surface area contributed by atoms with Crippen LogP contribution in [0.3, 0.4) is 0 Å². The highest BCUT2D eigenvalue weighted by Gasteiger charge is 2.26. The number of H-pyrrole nitrogens is 1. The van der Waals surface area contributed by atoms with E-state index in [1.54, 1.807) is 18.2 Å². The molecule has 2 aromatic rings. The molecule has 0 saturated carbocycles. The summed E-state index contributed by atoms with van der Waals surface area (Å²) in [5.74, 6) is 1.50. The number of nitrogens with one attached hydrogen (secondary N) is 1. The molecular weight excluding hydrogens is 360 g/mol. The van der Waals surface area contributed by atoms with Gasteiger partial charge < -0.3 is 4.74 Å². The highest BCUT2D eigenvalue weighted by atomic mass is 32.2. The van der Waals surface area contributed by atoms with Gasteiger partial charge in [0.15, 0.2) is 0 Å². The number of hydrogen-bond donors (Lipinski definition) is 1. The van der Waals surface area contributed by atoms with Crippen molar-refractivity contribution in [2.75, 3.05) is 26.3 Å². The largest absolute Gasteiger partial charge is 0.379 e. The molecule has 0 unspecified atom stereocenters. The number of benzene rings is 1. The van der Waals surface area contributed by atoms with Crippen molar-refractivity contribution >= 4 is 21.8 Å². The Morgan fingerprint density at radius 3 is 2.88 bits per heavy atom. The van der Waals surface area contributed by atoms with Crippen LogP contribution in [-0.2, 0) is 26.9 Å². The van der Waals surface area contributed by atoms with Crippen molar-refractivity contribution in [2.45, 2.75) is 35.6 Å². The minimum absolute atomic E-state index is 0.328. The zero-order chi connectivity index (χ0) is 17.7. The Kier molecular flexibility index (Phi) is 6.10. The van der Waals surface area contributed by atoms with Crippen LogP contribution in [0.4, 0.5) is 0 Å². The molecule has 1 aliphatic rings. The number of aromatic nitrogens is 3. The minimum atomic E-state index is -3.46. The molecule has 136 valence electrons. The van der Waals surface area contributed by atoms with E-state index in [0.717, 1.165) is 24.2 Å². The number of sulfonamides is 1. The summed E-state index contributed by atoms with van der Waals surface area (Å²) in [4.78, 5) is 4.74. The average molecular weight is 383 g/mol. The highest BCUT2D eigenvalue weighted by molar-refractivity contribution is 7.98. The second-order valence-corrected chi connectivity index (χ2v) is 8.65. The maximum atomic E-state index is 12.7. The molecule has 2 heterocycles. The van der Waals surface area contributed by atoms with Gasteiger partial charge in [-0.05, 0) is 24.1 Å². The lowest BCUT2D eigenvalue weighted by molar-refractivity contribution is 0.0730. The Labute approximate surface area is 152 Å². The lowest BCUT2D eigenvalue weighted by Gasteiger charge is -2.26. The van der Waals surface area contributed by atoms with Crippen LogP contribution >= 0.6 is 11.8 Å². The fourth-order valence-corrected chi connectivity index (χ4v) is 4.81. The normalized spacial score (nSPS) is 16.2. The minimum Gasteiger partial charge on any atom is -0.379 e. The number of aryl methyl sites for hydroxylation is 1.